The fourth-order valence-corrected chi connectivity index (χ4v) is 2.10. The Morgan fingerprint density at radius 2 is 2.11 bits per heavy atom. The van der Waals surface area contributed by atoms with Gasteiger partial charge in [-0.3, -0.25) is 4.90 Å². The zero-order chi connectivity index (χ0) is 12.6. The molecule has 0 saturated carbocycles. The van der Waals surface area contributed by atoms with Crippen molar-refractivity contribution in [2.75, 3.05) is 32.8 Å². The first kappa shape index (κ1) is 12.9. The van der Waals surface area contributed by atoms with Gasteiger partial charge in [-0.25, -0.2) is 0 Å². The predicted molar refractivity (Wildman–Crippen MR) is 71.6 cm³/mol. The molecule has 2 rings (SSSR count). The van der Waals surface area contributed by atoms with Gasteiger partial charge in [-0.05, 0) is 44.1 Å². The van der Waals surface area contributed by atoms with Crippen LogP contribution in [0.4, 0.5) is 0 Å². The molecular weight excluding hydrogens is 226 g/mol. The smallest absolute Gasteiger partial charge is 0.120 e. The Bertz CT molecular complexity index is 428. The summed E-state index contributed by atoms with van der Waals surface area (Å²) in [5.41, 5.74) is 0.878. The SMILES string of the molecule is OCC#Cc1cccc(OCCN2CCCC2)c1. The third-order valence-corrected chi connectivity index (χ3v) is 3.02. The van der Waals surface area contributed by atoms with Crippen LogP contribution in [-0.4, -0.2) is 42.9 Å². The maximum atomic E-state index is 8.65. The number of benzene rings is 1. The lowest BCUT2D eigenvalue weighted by Crippen LogP contribution is -2.25. The Morgan fingerprint density at radius 1 is 1.28 bits per heavy atom. The highest BCUT2D eigenvalue weighted by Crippen LogP contribution is 2.13. The number of hydrogen-bond donors (Lipinski definition) is 1. The molecule has 3 heteroatoms. The molecule has 0 atom stereocenters. The summed E-state index contributed by atoms with van der Waals surface area (Å²) < 4.78 is 5.72. The van der Waals surface area contributed by atoms with Gasteiger partial charge in [0.1, 0.15) is 19.0 Å². The minimum Gasteiger partial charge on any atom is -0.492 e. The van der Waals surface area contributed by atoms with Gasteiger partial charge in [0.2, 0.25) is 0 Å². The van der Waals surface area contributed by atoms with Crippen molar-refractivity contribution in [3.05, 3.63) is 29.8 Å². The van der Waals surface area contributed by atoms with Gasteiger partial charge in [0, 0.05) is 12.1 Å². The van der Waals surface area contributed by atoms with Crippen LogP contribution in [0.5, 0.6) is 5.75 Å². The van der Waals surface area contributed by atoms with Gasteiger partial charge in [-0.1, -0.05) is 17.9 Å². The number of nitrogens with zero attached hydrogens (tertiary/aromatic N) is 1. The first-order valence-electron chi connectivity index (χ1n) is 6.43. The van der Waals surface area contributed by atoms with Crippen molar-refractivity contribution < 1.29 is 9.84 Å². The van der Waals surface area contributed by atoms with Crippen LogP contribution in [0.1, 0.15) is 18.4 Å². The van der Waals surface area contributed by atoms with Gasteiger partial charge in [0.05, 0.1) is 0 Å². The molecule has 1 saturated heterocycles. The molecule has 18 heavy (non-hydrogen) atoms. The number of aliphatic hydroxyl groups is 1. The molecule has 1 fully saturated rings. The number of rotatable bonds is 4. The van der Waals surface area contributed by atoms with Crippen molar-refractivity contribution in [2.45, 2.75) is 12.8 Å². The lowest BCUT2D eigenvalue weighted by atomic mass is 10.2. The van der Waals surface area contributed by atoms with E-state index in [1.165, 1.54) is 25.9 Å². The molecule has 0 amide bonds. The Labute approximate surface area is 108 Å². The van der Waals surface area contributed by atoms with Gasteiger partial charge in [-0.2, -0.15) is 0 Å². The van der Waals surface area contributed by atoms with Crippen LogP contribution in [0, 0.1) is 11.8 Å². The van der Waals surface area contributed by atoms with E-state index in [1.807, 2.05) is 24.3 Å². The average Bonchev–Trinajstić information content (AvgIpc) is 2.90. The van der Waals surface area contributed by atoms with Crippen LogP contribution in [0.3, 0.4) is 0 Å². The molecule has 1 aromatic rings. The normalized spacial score (nSPS) is 15.2. The number of likely N-dealkylation sites (tertiary alicyclic amines) is 1. The van der Waals surface area contributed by atoms with Gasteiger partial charge in [-0.15, -0.1) is 0 Å². The van der Waals surface area contributed by atoms with E-state index in [-0.39, 0.29) is 6.61 Å². The largest absolute Gasteiger partial charge is 0.492 e. The molecule has 1 N–H and O–H groups in total. The van der Waals surface area contributed by atoms with Gasteiger partial charge in [0.25, 0.3) is 0 Å². The molecular formula is C15H19NO2. The van der Waals surface area contributed by atoms with E-state index in [2.05, 4.69) is 16.7 Å². The van der Waals surface area contributed by atoms with Crippen LogP contribution in [0.25, 0.3) is 0 Å². The summed E-state index contributed by atoms with van der Waals surface area (Å²) in [6, 6.07) is 7.68. The Morgan fingerprint density at radius 3 is 2.89 bits per heavy atom. The van der Waals surface area contributed by atoms with E-state index in [1.54, 1.807) is 0 Å². The van der Waals surface area contributed by atoms with E-state index in [0.29, 0.717) is 0 Å². The Hall–Kier alpha value is -1.50. The summed E-state index contributed by atoms with van der Waals surface area (Å²) in [7, 11) is 0. The van der Waals surface area contributed by atoms with E-state index in [4.69, 9.17) is 9.84 Å². The fourth-order valence-electron chi connectivity index (χ4n) is 2.10. The molecule has 0 spiro atoms. The van der Waals surface area contributed by atoms with Crippen molar-refractivity contribution in [2.24, 2.45) is 0 Å². The zero-order valence-electron chi connectivity index (χ0n) is 10.6. The number of aliphatic hydroxyl groups excluding tert-OH is 1. The van der Waals surface area contributed by atoms with E-state index < -0.39 is 0 Å². The quantitative estimate of drug-likeness (QED) is 0.816. The topological polar surface area (TPSA) is 32.7 Å². The molecule has 0 radical (unpaired) electrons. The van der Waals surface area contributed by atoms with Crippen molar-refractivity contribution in [3.8, 4) is 17.6 Å². The fraction of sp³-hybridized carbons (Fsp3) is 0.467. The van der Waals surface area contributed by atoms with Crippen LogP contribution in [-0.2, 0) is 0 Å². The number of ether oxygens (including phenoxy) is 1. The Kier molecular flexibility index (Phi) is 5.07. The third kappa shape index (κ3) is 4.06. The van der Waals surface area contributed by atoms with Crippen molar-refractivity contribution >= 4 is 0 Å². The lowest BCUT2D eigenvalue weighted by molar-refractivity contribution is 0.238. The lowest BCUT2D eigenvalue weighted by Gasteiger charge is -2.14. The highest BCUT2D eigenvalue weighted by molar-refractivity contribution is 5.39. The van der Waals surface area contributed by atoms with Crippen LogP contribution < -0.4 is 4.74 Å². The van der Waals surface area contributed by atoms with Crippen LogP contribution >= 0.6 is 0 Å². The minimum atomic E-state index is -0.111. The first-order valence-corrected chi connectivity index (χ1v) is 6.43. The average molecular weight is 245 g/mol. The summed E-state index contributed by atoms with van der Waals surface area (Å²) in [5.74, 6) is 6.36. The molecule has 1 aliphatic heterocycles. The van der Waals surface area contributed by atoms with Crippen molar-refractivity contribution in [1.29, 1.82) is 0 Å². The minimum absolute atomic E-state index is 0.111. The zero-order valence-corrected chi connectivity index (χ0v) is 10.6. The van der Waals surface area contributed by atoms with Gasteiger partial charge in [0.15, 0.2) is 0 Å². The van der Waals surface area contributed by atoms with Crippen molar-refractivity contribution in [1.82, 2.24) is 4.90 Å². The highest BCUT2D eigenvalue weighted by atomic mass is 16.5. The van der Waals surface area contributed by atoms with Crippen molar-refractivity contribution in [3.63, 3.8) is 0 Å². The second-order valence-electron chi connectivity index (χ2n) is 4.38. The van der Waals surface area contributed by atoms with E-state index in [9.17, 15) is 0 Å². The molecule has 1 aliphatic rings. The second-order valence-corrected chi connectivity index (χ2v) is 4.38. The van der Waals surface area contributed by atoms with Gasteiger partial charge >= 0.3 is 0 Å². The summed E-state index contributed by atoms with van der Waals surface area (Å²) in [6.07, 6.45) is 2.62. The molecule has 3 nitrogen and oxygen atoms in total. The predicted octanol–water partition coefficient (Wildman–Crippen LogP) is 1.50. The summed E-state index contributed by atoms with van der Waals surface area (Å²) in [4.78, 5) is 2.43. The Balaban J connectivity index is 1.81. The summed E-state index contributed by atoms with van der Waals surface area (Å²) >= 11 is 0. The molecule has 96 valence electrons. The number of hydrogen-bond acceptors (Lipinski definition) is 3. The van der Waals surface area contributed by atoms with Gasteiger partial charge < -0.3 is 9.84 Å². The summed E-state index contributed by atoms with van der Waals surface area (Å²) in [5, 5.41) is 8.65. The maximum Gasteiger partial charge on any atom is 0.120 e. The van der Waals surface area contributed by atoms with E-state index in [0.717, 1.165) is 24.5 Å². The highest BCUT2D eigenvalue weighted by Gasteiger charge is 2.10. The monoisotopic (exact) mass is 245 g/mol. The third-order valence-electron chi connectivity index (χ3n) is 3.02. The van der Waals surface area contributed by atoms with Crippen LogP contribution in [0.2, 0.25) is 0 Å². The molecule has 1 heterocycles. The van der Waals surface area contributed by atoms with E-state index >= 15 is 0 Å². The standard InChI is InChI=1S/C15H19NO2/c17-11-4-6-14-5-3-7-15(13-14)18-12-10-16-8-1-2-9-16/h3,5,7,13,17H,1-2,8-12H2. The summed E-state index contributed by atoms with van der Waals surface area (Å²) in [6.45, 7) is 4.00. The molecule has 0 aromatic heterocycles. The molecule has 0 unspecified atom stereocenters. The molecule has 1 aromatic carbocycles. The maximum absolute atomic E-state index is 8.65. The first-order chi connectivity index (χ1) is 8.88. The second kappa shape index (κ2) is 7.05. The molecule has 0 bridgehead atoms. The molecule has 0 aliphatic carbocycles. The van der Waals surface area contributed by atoms with Crippen LogP contribution in [0.15, 0.2) is 24.3 Å².